The van der Waals surface area contributed by atoms with E-state index in [2.05, 4.69) is 5.16 Å². The van der Waals surface area contributed by atoms with Gasteiger partial charge in [-0.1, -0.05) is 18.5 Å². The van der Waals surface area contributed by atoms with Crippen molar-refractivity contribution in [2.24, 2.45) is 16.8 Å². The van der Waals surface area contributed by atoms with Gasteiger partial charge in [0.15, 0.2) is 5.84 Å². The molecule has 0 aliphatic carbocycles. The lowest BCUT2D eigenvalue weighted by molar-refractivity contribution is -0.159. The van der Waals surface area contributed by atoms with Crippen LogP contribution in [-0.2, 0) is 0 Å². The molecule has 0 fully saturated rings. The molecule has 1 unspecified atom stereocenters. The smallest absolute Gasteiger partial charge is 0.400 e. The lowest BCUT2D eigenvalue weighted by Crippen LogP contribution is -2.43. The zero-order valence-electron chi connectivity index (χ0n) is 9.46. The SMILES string of the molecule is CCCCN(C)CC(C(N)=NO)C(F)(F)F. The molecule has 1 atom stereocenters. The summed E-state index contributed by atoms with van der Waals surface area (Å²) < 4.78 is 37.6. The van der Waals surface area contributed by atoms with Crippen LogP contribution in [0.2, 0.25) is 0 Å². The van der Waals surface area contributed by atoms with E-state index < -0.39 is 17.9 Å². The van der Waals surface area contributed by atoms with Gasteiger partial charge in [0, 0.05) is 6.54 Å². The number of amidine groups is 1. The molecule has 0 aliphatic heterocycles. The number of halogens is 3. The Bertz CT molecular complexity index is 231. The van der Waals surface area contributed by atoms with Crippen molar-refractivity contribution in [1.29, 1.82) is 0 Å². The monoisotopic (exact) mass is 241 g/mol. The Kier molecular flexibility index (Phi) is 6.17. The summed E-state index contributed by atoms with van der Waals surface area (Å²) in [4.78, 5) is 1.53. The van der Waals surface area contributed by atoms with Gasteiger partial charge >= 0.3 is 6.18 Å². The molecule has 7 heteroatoms. The standard InChI is InChI=1S/C9H18F3N3O/c1-3-4-5-15(2)6-7(8(13)14-16)9(10,11)12/h7,16H,3-6H2,1-2H3,(H2,13,14). The van der Waals surface area contributed by atoms with Crippen LogP contribution in [0.5, 0.6) is 0 Å². The van der Waals surface area contributed by atoms with Crippen LogP contribution in [-0.4, -0.2) is 42.3 Å². The fourth-order valence-electron chi connectivity index (χ4n) is 1.27. The van der Waals surface area contributed by atoms with E-state index in [-0.39, 0.29) is 6.54 Å². The van der Waals surface area contributed by atoms with Crippen LogP contribution in [0, 0.1) is 5.92 Å². The van der Waals surface area contributed by atoms with E-state index in [1.54, 1.807) is 7.05 Å². The van der Waals surface area contributed by atoms with Crippen LogP contribution in [0.15, 0.2) is 5.16 Å². The summed E-state index contributed by atoms with van der Waals surface area (Å²) in [6.07, 6.45) is -2.77. The van der Waals surface area contributed by atoms with Crippen molar-refractivity contribution in [2.75, 3.05) is 20.1 Å². The second kappa shape index (κ2) is 6.57. The zero-order valence-corrected chi connectivity index (χ0v) is 9.46. The highest BCUT2D eigenvalue weighted by molar-refractivity contribution is 5.83. The molecule has 0 spiro atoms. The third-order valence-corrected chi connectivity index (χ3v) is 2.26. The number of alkyl halides is 3. The molecule has 96 valence electrons. The maximum Gasteiger partial charge on any atom is 0.400 e. The lowest BCUT2D eigenvalue weighted by atomic mass is 10.1. The predicted molar refractivity (Wildman–Crippen MR) is 55.4 cm³/mol. The van der Waals surface area contributed by atoms with E-state index in [9.17, 15) is 13.2 Å². The van der Waals surface area contributed by atoms with E-state index in [1.807, 2.05) is 6.92 Å². The Balaban J connectivity index is 4.45. The maximum absolute atomic E-state index is 12.5. The maximum atomic E-state index is 12.5. The molecule has 0 saturated carbocycles. The van der Waals surface area contributed by atoms with Crippen molar-refractivity contribution >= 4 is 5.84 Å². The van der Waals surface area contributed by atoms with Crippen LogP contribution in [0.25, 0.3) is 0 Å². The van der Waals surface area contributed by atoms with Gasteiger partial charge < -0.3 is 15.8 Å². The molecule has 0 heterocycles. The van der Waals surface area contributed by atoms with E-state index in [0.717, 1.165) is 12.8 Å². The van der Waals surface area contributed by atoms with Crippen LogP contribution in [0.4, 0.5) is 13.2 Å². The van der Waals surface area contributed by atoms with E-state index in [4.69, 9.17) is 10.9 Å². The van der Waals surface area contributed by atoms with Crippen molar-refractivity contribution in [3.8, 4) is 0 Å². The summed E-state index contributed by atoms with van der Waals surface area (Å²) in [7, 11) is 1.58. The Morgan fingerprint density at radius 2 is 2.06 bits per heavy atom. The first kappa shape index (κ1) is 15.0. The number of hydrogen-bond donors (Lipinski definition) is 2. The first-order valence-corrected chi connectivity index (χ1v) is 5.05. The van der Waals surface area contributed by atoms with E-state index >= 15 is 0 Å². The van der Waals surface area contributed by atoms with Crippen LogP contribution in [0.1, 0.15) is 19.8 Å². The minimum atomic E-state index is -4.49. The van der Waals surface area contributed by atoms with Crippen LogP contribution < -0.4 is 5.73 Å². The Morgan fingerprint density at radius 1 is 1.50 bits per heavy atom. The summed E-state index contributed by atoms with van der Waals surface area (Å²) in [6, 6.07) is 0. The highest BCUT2D eigenvalue weighted by atomic mass is 19.4. The molecular formula is C9H18F3N3O. The number of oxime groups is 1. The van der Waals surface area contributed by atoms with Crippen LogP contribution >= 0.6 is 0 Å². The second-order valence-corrected chi connectivity index (χ2v) is 3.73. The summed E-state index contributed by atoms with van der Waals surface area (Å²) in [5, 5.41) is 10.7. The van der Waals surface area contributed by atoms with Crippen molar-refractivity contribution in [3.63, 3.8) is 0 Å². The first-order chi connectivity index (χ1) is 7.32. The van der Waals surface area contributed by atoms with Gasteiger partial charge in [-0.05, 0) is 20.0 Å². The average molecular weight is 241 g/mol. The number of nitrogens with two attached hydrogens (primary N) is 1. The third-order valence-electron chi connectivity index (χ3n) is 2.26. The van der Waals surface area contributed by atoms with Crippen molar-refractivity contribution in [1.82, 2.24) is 4.90 Å². The number of hydrogen-bond acceptors (Lipinski definition) is 3. The molecule has 0 aromatic heterocycles. The first-order valence-electron chi connectivity index (χ1n) is 5.05. The molecule has 0 bridgehead atoms. The largest absolute Gasteiger partial charge is 0.409 e. The highest BCUT2D eigenvalue weighted by Gasteiger charge is 2.43. The van der Waals surface area contributed by atoms with Crippen molar-refractivity contribution in [2.45, 2.75) is 25.9 Å². The molecule has 16 heavy (non-hydrogen) atoms. The molecule has 0 rings (SSSR count). The van der Waals surface area contributed by atoms with E-state index in [1.165, 1.54) is 4.90 Å². The van der Waals surface area contributed by atoms with Crippen LogP contribution in [0.3, 0.4) is 0 Å². The lowest BCUT2D eigenvalue weighted by Gasteiger charge is -2.24. The molecule has 0 aliphatic rings. The van der Waals surface area contributed by atoms with Gasteiger partial charge in [0.25, 0.3) is 0 Å². The highest BCUT2D eigenvalue weighted by Crippen LogP contribution is 2.27. The Hall–Kier alpha value is -0.980. The zero-order chi connectivity index (χ0) is 12.8. The van der Waals surface area contributed by atoms with Gasteiger partial charge in [-0.3, -0.25) is 0 Å². The minimum Gasteiger partial charge on any atom is -0.409 e. The van der Waals surface area contributed by atoms with E-state index in [0.29, 0.717) is 6.54 Å². The summed E-state index contributed by atoms with van der Waals surface area (Å²) in [6.45, 7) is 2.22. The number of unbranched alkanes of at least 4 members (excludes halogenated alkanes) is 1. The molecule has 0 saturated heterocycles. The fourth-order valence-corrected chi connectivity index (χ4v) is 1.27. The molecule has 4 nitrogen and oxygen atoms in total. The average Bonchev–Trinajstić information content (AvgIpc) is 2.20. The Morgan fingerprint density at radius 3 is 2.44 bits per heavy atom. The van der Waals surface area contributed by atoms with Gasteiger partial charge in [-0.2, -0.15) is 13.2 Å². The molecule has 3 N–H and O–H groups in total. The number of nitrogens with zero attached hydrogens (tertiary/aromatic N) is 2. The molecular weight excluding hydrogens is 223 g/mol. The van der Waals surface area contributed by atoms with Crippen molar-refractivity contribution < 1.29 is 18.4 Å². The van der Waals surface area contributed by atoms with Gasteiger partial charge in [0.05, 0.1) is 0 Å². The van der Waals surface area contributed by atoms with Crippen molar-refractivity contribution in [3.05, 3.63) is 0 Å². The van der Waals surface area contributed by atoms with Gasteiger partial charge in [-0.15, -0.1) is 0 Å². The fraction of sp³-hybridized carbons (Fsp3) is 0.889. The van der Waals surface area contributed by atoms with Gasteiger partial charge in [0.1, 0.15) is 5.92 Å². The summed E-state index contributed by atoms with van der Waals surface area (Å²) in [5.74, 6) is -2.71. The molecule has 0 amide bonds. The number of rotatable bonds is 6. The van der Waals surface area contributed by atoms with Gasteiger partial charge in [-0.25, -0.2) is 0 Å². The quantitative estimate of drug-likeness (QED) is 0.321. The normalized spacial score (nSPS) is 15.5. The predicted octanol–water partition coefficient (Wildman–Crippen LogP) is 1.64. The molecule has 0 radical (unpaired) electrons. The molecule has 0 aromatic rings. The second-order valence-electron chi connectivity index (χ2n) is 3.73. The van der Waals surface area contributed by atoms with Gasteiger partial charge in [0.2, 0.25) is 0 Å². The topological polar surface area (TPSA) is 61.8 Å². The minimum absolute atomic E-state index is 0.292. The third kappa shape index (κ3) is 5.20. The Labute approximate surface area is 92.9 Å². The summed E-state index contributed by atoms with van der Waals surface area (Å²) >= 11 is 0. The molecule has 0 aromatic carbocycles. The summed E-state index contributed by atoms with van der Waals surface area (Å²) in [5.41, 5.74) is 5.03.